The zero-order valence-corrected chi connectivity index (χ0v) is 8.92. The number of nitrogens with zero attached hydrogens (tertiary/aromatic N) is 1. The number of aliphatic carboxylic acids is 1. The lowest BCUT2D eigenvalue weighted by Gasteiger charge is -2.10. The average Bonchev–Trinajstić information content (AvgIpc) is 2.27. The van der Waals surface area contributed by atoms with E-state index >= 15 is 0 Å². The van der Waals surface area contributed by atoms with E-state index in [4.69, 9.17) is 9.84 Å². The number of hydrogen-bond acceptors (Lipinski definition) is 4. The first-order chi connectivity index (χ1) is 7.65. The van der Waals surface area contributed by atoms with Crippen molar-refractivity contribution in [3.63, 3.8) is 0 Å². The van der Waals surface area contributed by atoms with Crippen molar-refractivity contribution in [1.29, 1.82) is 0 Å². The Hall–Kier alpha value is -1.91. The minimum atomic E-state index is -1.17. The second-order valence-corrected chi connectivity index (χ2v) is 3.20. The standard InChI is InChI=1S/C11H13NO4/c1-2-16-11(15)9(10(13)14)7-8-3-5-12-6-4-8/h3-6,9H,2,7H2,1H3,(H,13,14). The van der Waals surface area contributed by atoms with Crippen LogP contribution in [0.2, 0.25) is 0 Å². The summed E-state index contributed by atoms with van der Waals surface area (Å²) in [7, 11) is 0. The van der Waals surface area contributed by atoms with Crippen LogP contribution in [0.3, 0.4) is 0 Å². The zero-order valence-electron chi connectivity index (χ0n) is 8.92. The number of hydrogen-bond donors (Lipinski definition) is 1. The molecule has 1 aromatic heterocycles. The van der Waals surface area contributed by atoms with Crippen molar-refractivity contribution in [3.05, 3.63) is 30.1 Å². The fourth-order valence-electron chi connectivity index (χ4n) is 1.27. The Morgan fingerprint density at radius 2 is 2.06 bits per heavy atom. The van der Waals surface area contributed by atoms with Gasteiger partial charge < -0.3 is 9.84 Å². The van der Waals surface area contributed by atoms with Gasteiger partial charge in [0, 0.05) is 12.4 Å². The molecule has 0 aromatic carbocycles. The maximum atomic E-state index is 11.4. The maximum Gasteiger partial charge on any atom is 0.320 e. The van der Waals surface area contributed by atoms with Crippen molar-refractivity contribution in [2.45, 2.75) is 13.3 Å². The molecule has 1 unspecified atom stereocenters. The number of rotatable bonds is 5. The van der Waals surface area contributed by atoms with Gasteiger partial charge in [-0.05, 0) is 31.0 Å². The summed E-state index contributed by atoms with van der Waals surface area (Å²) in [6.07, 6.45) is 3.23. The monoisotopic (exact) mass is 223 g/mol. The molecule has 86 valence electrons. The van der Waals surface area contributed by atoms with E-state index < -0.39 is 17.9 Å². The highest BCUT2D eigenvalue weighted by molar-refractivity contribution is 5.94. The molecule has 16 heavy (non-hydrogen) atoms. The minimum Gasteiger partial charge on any atom is -0.481 e. The first-order valence-electron chi connectivity index (χ1n) is 4.93. The fraction of sp³-hybridized carbons (Fsp3) is 0.364. The van der Waals surface area contributed by atoms with E-state index in [1.807, 2.05) is 0 Å². The van der Waals surface area contributed by atoms with Crippen LogP contribution in [-0.2, 0) is 20.7 Å². The van der Waals surface area contributed by atoms with Gasteiger partial charge in [0.25, 0.3) is 0 Å². The Labute approximate surface area is 93.1 Å². The number of esters is 1. The van der Waals surface area contributed by atoms with Crippen molar-refractivity contribution in [1.82, 2.24) is 4.98 Å². The van der Waals surface area contributed by atoms with Crippen LogP contribution in [-0.4, -0.2) is 28.6 Å². The summed E-state index contributed by atoms with van der Waals surface area (Å²) < 4.78 is 4.70. The topological polar surface area (TPSA) is 76.5 Å². The molecule has 1 atom stereocenters. The average molecular weight is 223 g/mol. The molecule has 0 bridgehead atoms. The molecule has 1 aromatic rings. The Bertz CT molecular complexity index is 364. The Kier molecular flexibility index (Phi) is 4.44. The number of pyridine rings is 1. The molecular formula is C11H13NO4. The van der Waals surface area contributed by atoms with Gasteiger partial charge in [-0.25, -0.2) is 0 Å². The molecule has 0 aliphatic heterocycles. The third kappa shape index (κ3) is 3.34. The zero-order chi connectivity index (χ0) is 12.0. The summed E-state index contributed by atoms with van der Waals surface area (Å²) >= 11 is 0. The molecule has 0 aliphatic rings. The SMILES string of the molecule is CCOC(=O)C(Cc1ccncc1)C(=O)O. The van der Waals surface area contributed by atoms with Gasteiger partial charge in [-0.3, -0.25) is 14.6 Å². The minimum absolute atomic E-state index is 0.122. The Morgan fingerprint density at radius 3 is 2.56 bits per heavy atom. The first kappa shape index (κ1) is 12.2. The van der Waals surface area contributed by atoms with E-state index in [0.29, 0.717) is 0 Å². The molecule has 0 saturated carbocycles. The highest BCUT2D eigenvalue weighted by atomic mass is 16.5. The third-order valence-corrected chi connectivity index (χ3v) is 2.06. The number of aromatic nitrogens is 1. The van der Waals surface area contributed by atoms with Gasteiger partial charge in [0.05, 0.1) is 6.61 Å². The molecule has 0 radical (unpaired) electrons. The van der Waals surface area contributed by atoms with Gasteiger partial charge in [0.15, 0.2) is 5.92 Å². The van der Waals surface area contributed by atoms with Gasteiger partial charge in [-0.1, -0.05) is 0 Å². The Morgan fingerprint density at radius 1 is 1.44 bits per heavy atom. The number of ether oxygens (including phenoxy) is 1. The van der Waals surface area contributed by atoms with E-state index in [9.17, 15) is 9.59 Å². The summed E-state index contributed by atoms with van der Waals surface area (Å²) in [5, 5.41) is 8.92. The van der Waals surface area contributed by atoms with Crippen LogP contribution in [0.4, 0.5) is 0 Å². The third-order valence-electron chi connectivity index (χ3n) is 2.06. The largest absolute Gasteiger partial charge is 0.481 e. The molecule has 5 nitrogen and oxygen atoms in total. The summed E-state index contributed by atoms with van der Waals surface area (Å²) in [4.78, 5) is 26.1. The highest BCUT2D eigenvalue weighted by Crippen LogP contribution is 2.10. The van der Waals surface area contributed by atoms with Crippen LogP contribution < -0.4 is 0 Å². The van der Waals surface area contributed by atoms with E-state index in [1.54, 1.807) is 31.5 Å². The van der Waals surface area contributed by atoms with Crippen LogP contribution in [0, 0.1) is 5.92 Å². The first-order valence-corrected chi connectivity index (χ1v) is 4.93. The van der Waals surface area contributed by atoms with Gasteiger partial charge in [-0.2, -0.15) is 0 Å². The normalized spacial score (nSPS) is 11.8. The van der Waals surface area contributed by atoms with Crippen molar-refractivity contribution < 1.29 is 19.4 Å². The lowest BCUT2D eigenvalue weighted by Crippen LogP contribution is -2.27. The van der Waals surface area contributed by atoms with Crippen LogP contribution in [0.25, 0.3) is 0 Å². The molecule has 1 N–H and O–H groups in total. The molecule has 0 fully saturated rings. The van der Waals surface area contributed by atoms with Crippen molar-refractivity contribution >= 4 is 11.9 Å². The van der Waals surface area contributed by atoms with Gasteiger partial charge in [0.2, 0.25) is 0 Å². The lowest BCUT2D eigenvalue weighted by atomic mass is 10.0. The van der Waals surface area contributed by atoms with Gasteiger partial charge >= 0.3 is 11.9 Å². The summed E-state index contributed by atoms with van der Waals surface area (Å²) in [5.41, 5.74) is 0.746. The Balaban J connectivity index is 2.73. The number of carbonyl (C=O) groups is 2. The van der Waals surface area contributed by atoms with Crippen molar-refractivity contribution in [2.75, 3.05) is 6.61 Å². The molecule has 1 heterocycles. The van der Waals surface area contributed by atoms with E-state index in [-0.39, 0.29) is 13.0 Å². The molecular weight excluding hydrogens is 210 g/mol. The molecule has 0 spiro atoms. The second kappa shape index (κ2) is 5.85. The predicted molar refractivity (Wildman–Crippen MR) is 55.7 cm³/mol. The van der Waals surface area contributed by atoms with E-state index in [1.165, 1.54) is 0 Å². The molecule has 0 saturated heterocycles. The van der Waals surface area contributed by atoms with Crippen LogP contribution in [0.5, 0.6) is 0 Å². The number of carboxylic acid groups (broad SMARTS) is 1. The summed E-state index contributed by atoms with van der Waals surface area (Å²) in [5.74, 6) is -3.02. The molecule has 1 rings (SSSR count). The van der Waals surface area contributed by atoms with E-state index in [2.05, 4.69) is 4.98 Å². The quantitative estimate of drug-likeness (QED) is 0.592. The molecule has 5 heteroatoms. The molecule has 0 aliphatic carbocycles. The fourth-order valence-corrected chi connectivity index (χ4v) is 1.27. The summed E-state index contributed by atoms with van der Waals surface area (Å²) in [6, 6.07) is 3.35. The van der Waals surface area contributed by atoms with Crippen LogP contribution in [0.15, 0.2) is 24.5 Å². The molecule has 0 amide bonds. The highest BCUT2D eigenvalue weighted by Gasteiger charge is 2.27. The maximum absolute atomic E-state index is 11.4. The van der Waals surface area contributed by atoms with Gasteiger partial charge in [0.1, 0.15) is 0 Å². The van der Waals surface area contributed by atoms with E-state index in [0.717, 1.165) is 5.56 Å². The van der Waals surface area contributed by atoms with Crippen molar-refractivity contribution in [2.24, 2.45) is 5.92 Å². The van der Waals surface area contributed by atoms with Crippen LogP contribution in [0.1, 0.15) is 12.5 Å². The van der Waals surface area contributed by atoms with Gasteiger partial charge in [-0.15, -0.1) is 0 Å². The predicted octanol–water partition coefficient (Wildman–Crippen LogP) is 0.888. The number of carbonyl (C=O) groups excluding carboxylic acids is 1. The van der Waals surface area contributed by atoms with Crippen molar-refractivity contribution in [3.8, 4) is 0 Å². The summed E-state index contributed by atoms with van der Waals surface area (Å²) in [6.45, 7) is 1.82. The number of carboxylic acids is 1. The second-order valence-electron chi connectivity index (χ2n) is 3.20. The lowest BCUT2D eigenvalue weighted by molar-refractivity contribution is -0.158. The van der Waals surface area contributed by atoms with Crippen LogP contribution >= 0.6 is 0 Å². The smallest absolute Gasteiger partial charge is 0.320 e.